The summed E-state index contributed by atoms with van der Waals surface area (Å²) in [6, 6.07) is 7.02. The molecule has 0 aliphatic carbocycles. The second-order valence-electron chi connectivity index (χ2n) is 4.03. The third-order valence-electron chi connectivity index (χ3n) is 2.58. The molecule has 5 nitrogen and oxygen atoms in total. The van der Waals surface area contributed by atoms with Gasteiger partial charge in [-0.25, -0.2) is 0 Å². The Balaban J connectivity index is 2.19. The minimum absolute atomic E-state index is 0.0525. The smallest absolute Gasteiger partial charge is 0.228 e. The molecule has 0 saturated heterocycles. The van der Waals surface area contributed by atoms with Crippen LogP contribution in [-0.4, -0.2) is 17.0 Å². The Morgan fingerprint density at radius 3 is 2.90 bits per heavy atom. The minimum Gasteiger partial charge on any atom is -0.409 e. The van der Waals surface area contributed by atoms with Crippen LogP contribution < -0.4 is 11.1 Å². The van der Waals surface area contributed by atoms with E-state index < -0.39 is 0 Å². The van der Waals surface area contributed by atoms with Crippen molar-refractivity contribution in [2.45, 2.75) is 6.42 Å². The van der Waals surface area contributed by atoms with E-state index in [1.54, 1.807) is 29.5 Å². The van der Waals surface area contributed by atoms with Crippen LogP contribution in [0.3, 0.4) is 0 Å². The number of oxime groups is 1. The lowest BCUT2D eigenvalue weighted by atomic mass is 10.1. The number of amides is 1. The van der Waals surface area contributed by atoms with Crippen LogP contribution in [0, 0.1) is 0 Å². The van der Waals surface area contributed by atoms with E-state index in [-0.39, 0.29) is 18.2 Å². The van der Waals surface area contributed by atoms with Crippen LogP contribution in [0.25, 0.3) is 0 Å². The minimum atomic E-state index is -0.159. The van der Waals surface area contributed by atoms with Gasteiger partial charge in [0.15, 0.2) is 5.84 Å². The molecule has 0 radical (unpaired) electrons. The summed E-state index contributed by atoms with van der Waals surface area (Å²) >= 11 is 4.87. The van der Waals surface area contributed by atoms with Crippen LogP contribution in [0.15, 0.2) is 44.7 Å². The average molecular weight is 354 g/mol. The summed E-state index contributed by atoms with van der Waals surface area (Å²) in [5.74, 6) is -0.211. The highest BCUT2D eigenvalue weighted by Gasteiger charge is 2.11. The molecule has 0 aliphatic rings. The lowest BCUT2D eigenvalue weighted by molar-refractivity contribution is -0.115. The number of amidine groups is 1. The number of benzene rings is 1. The van der Waals surface area contributed by atoms with Gasteiger partial charge in [-0.3, -0.25) is 4.79 Å². The Morgan fingerprint density at radius 1 is 1.45 bits per heavy atom. The molecule has 0 bridgehead atoms. The number of thiophene rings is 1. The summed E-state index contributed by atoms with van der Waals surface area (Å²) in [5.41, 5.74) is 7.51. The molecule has 2 aromatic rings. The van der Waals surface area contributed by atoms with Gasteiger partial charge in [0.2, 0.25) is 5.91 Å². The highest BCUT2D eigenvalue weighted by Crippen LogP contribution is 2.22. The zero-order valence-electron chi connectivity index (χ0n) is 10.3. The zero-order chi connectivity index (χ0) is 14.5. The molecule has 1 amide bonds. The maximum Gasteiger partial charge on any atom is 0.228 e. The molecule has 0 aliphatic heterocycles. The SMILES string of the molecule is N/C(=N/O)c1ccc(Br)cc1NC(=O)Cc1ccsc1. The van der Waals surface area contributed by atoms with E-state index >= 15 is 0 Å². The maximum atomic E-state index is 12.0. The predicted molar refractivity (Wildman–Crippen MR) is 83.3 cm³/mol. The van der Waals surface area contributed by atoms with Crippen molar-refractivity contribution in [2.75, 3.05) is 5.32 Å². The van der Waals surface area contributed by atoms with Gasteiger partial charge in [-0.05, 0) is 40.6 Å². The van der Waals surface area contributed by atoms with Crippen LogP contribution in [0.5, 0.6) is 0 Å². The fourth-order valence-electron chi connectivity index (χ4n) is 1.67. The third kappa shape index (κ3) is 3.58. The lowest BCUT2D eigenvalue weighted by Gasteiger charge is -2.10. The molecule has 0 unspecified atom stereocenters. The Morgan fingerprint density at radius 2 is 2.25 bits per heavy atom. The average Bonchev–Trinajstić information content (AvgIpc) is 2.90. The fraction of sp³-hybridized carbons (Fsp3) is 0.0769. The number of halogens is 1. The molecular weight excluding hydrogens is 342 g/mol. The summed E-state index contributed by atoms with van der Waals surface area (Å²) in [5, 5.41) is 18.3. The molecule has 1 heterocycles. The van der Waals surface area contributed by atoms with E-state index in [4.69, 9.17) is 10.9 Å². The molecule has 0 spiro atoms. The number of nitrogens with one attached hydrogen (secondary N) is 1. The van der Waals surface area contributed by atoms with Gasteiger partial charge in [0.05, 0.1) is 12.1 Å². The van der Waals surface area contributed by atoms with Crippen LogP contribution in [-0.2, 0) is 11.2 Å². The molecule has 2 rings (SSSR count). The molecule has 20 heavy (non-hydrogen) atoms. The summed E-state index contributed by atoms with van der Waals surface area (Å²) in [4.78, 5) is 12.0. The van der Waals surface area contributed by atoms with E-state index in [9.17, 15) is 4.79 Å². The standard InChI is InChI=1S/C13H12BrN3O2S/c14-9-1-2-10(13(15)17-19)11(6-9)16-12(18)5-8-3-4-20-7-8/h1-4,6-7,19H,5H2,(H2,15,17)(H,16,18). The molecular formula is C13H12BrN3O2S. The van der Waals surface area contributed by atoms with Gasteiger partial charge in [-0.15, -0.1) is 0 Å². The first-order valence-corrected chi connectivity index (χ1v) is 7.42. The fourth-order valence-corrected chi connectivity index (χ4v) is 2.70. The summed E-state index contributed by atoms with van der Waals surface area (Å²) in [6.07, 6.45) is 0.283. The van der Waals surface area contributed by atoms with Gasteiger partial charge < -0.3 is 16.3 Å². The van der Waals surface area contributed by atoms with Gasteiger partial charge in [-0.2, -0.15) is 11.3 Å². The molecule has 0 atom stereocenters. The molecule has 0 fully saturated rings. The number of carbonyl (C=O) groups is 1. The highest BCUT2D eigenvalue weighted by molar-refractivity contribution is 9.10. The molecule has 7 heteroatoms. The number of nitrogens with two attached hydrogens (primary N) is 1. The monoisotopic (exact) mass is 353 g/mol. The lowest BCUT2D eigenvalue weighted by Crippen LogP contribution is -2.20. The summed E-state index contributed by atoms with van der Waals surface area (Å²) < 4.78 is 0.790. The van der Waals surface area contributed by atoms with Crippen molar-refractivity contribution in [3.05, 3.63) is 50.6 Å². The first kappa shape index (κ1) is 14.5. The highest BCUT2D eigenvalue weighted by atomic mass is 79.9. The van der Waals surface area contributed by atoms with Crippen molar-refractivity contribution in [1.82, 2.24) is 0 Å². The Bertz CT molecular complexity index is 641. The van der Waals surface area contributed by atoms with Gasteiger partial charge in [-0.1, -0.05) is 21.1 Å². The van der Waals surface area contributed by atoms with Crippen molar-refractivity contribution in [3.63, 3.8) is 0 Å². The van der Waals surface area contributed by atoms with E-state index in [2.05, 4.69) is 26.4 Å². The van der Waals surface area contributed by atoms with Crippen molar-refractivity contribution in [3.8, 4) is 0 Å². The van der Waals surface area contributed by atoms with Crippen molar-refractivity contribution >= 4 is 44.7 Å². The van der Waals surface area contributed by atoms with E-state index in [0.29, 0.717) is 11.3 Å². The van der Waals surface area contributed by atoms with E-state index in [0.717, 1.165) is 10.0 Å². The normalized spacial score (nSPS) is 11.3. The molecule has 1 aromatic heterocycles. The van der Waals surface area contributed by atoms with E-state index in [1.165, 1.54) is 0 Å². The van der Waals surface area contributed by atoms with Crippen molar-refractivity contribution in [2.24, 2.45) is 10.9 Å². The summed E-state index contributed by atoms with van der Waals surface area (Å²) in [6.45, 7) is 0. The number of rotatable bonds is 4. The molecule has 0 saturated carbocycles. The molecule has 1 aromatic carbocycles. The largest absolute Gasteiger partial charge is 0.409 e. The number of hydrogen-bond acceptors (Lipinski definition) is 4. The quantitative estimate of drug-likeness (QED) is 0.341. The van der Waals surface area contributed by atoms with E-state index in [1.807, 2.05) is 16.8 Å². The van der Waals surface area contributed by atoms with Gasteiger partial charge in [0.25, 0.3) is 0 Å². The molecule has 104 valence electrons. The van der Waals surface area contributed by atoms with Crippen molar-refractivity contribution in [1.29, 1.82) is 0 Å². The topological polar surface area (TPSA) is 87.7 Å². The van der Waals surface area contributed by atoms with Crippen LogP contribution in [0.2, 0.25) is 0 Å². The predicted octanol–water partition coefficient (Wildman–Crippen LogP) is 2.79. The third-order valence-corrected chi connectivity index (χ3v) is 3.81. The van der Waals surface area contributed by atoms with Crippen molar-refractivity contribution < 1.29 is 10.0 Å². The van der Waals surface area contributed by atoms with Crippen LogP contribution >= 0.6 is 27.3 Å². The first-order chi connectivity index (χ1) is 9.60. The second-order valence-corrected chi connectivity index (χ2v) is 5.73. The number of carbonyl (C=O) groups excluding carboxylic acids is 1. The van der Waals surface area contributed by atoms with Crippen LogP contribution in [0.4, 0.5) is 5.69 Å². The number of nitrogens with zero attached hydrogens (tertiary/aromatic N) is 1. The second kappa shape index (κ2) is 6.53. The maximum absolute atomic E-state index is 12.0. The van der Waals surface area contributed by atoms with Crippen LogP contribution in [0.1, 0.15) is 11.1 Å². The Labute approximate surface area is 128 Å². The first-order valence-electron chi connectivity index (χ1n) is 5.68. The Hall–Kier alpha value is -1.86. The summed E-state index contributed by atoms with van der Waals surface area (Å²) in [7, 11) is 0. The molecule has 4 N–H and O–H groups in total. The Kier molecular flexibility index (Phi) is 4.75. The number of hydrogen-bond donors (Lipinski definition) is 3. The van der Waals surface area contributed by atoms with Gasteiger partial charge >= 0.3 is 0 Å². The zero-order valence-corrected chi connectivity index (χ0v) is 12.7. The number of anilines is 1. The van der Waals surface area contributed by atoms with Gasteiger partial charge in [0.1, 0.15) is 0 Å². The van der Waals surface area contributed by atoms with Gasteiger partial charge in [0, 0.05) is 10.0 Å².